The van der Waals surface area contributed by atoms with Crippen LogP contribution in [-0.4, -0.2) is 33.6 Å². The molecule has 1 saturated carbocycles. The van der Waals surface area contributed by atoms with Gasteiger partial charge in [0.25, 0.3) is 0 Å². The third-order valence-electron chi connectivity index (χ3n) is 2.81. The maximum atomic E-state index is 6.05. The van der Waals surface area contributed by atoms with Gasteiger partial charge in [-0.25, -0.2) is 4.98 Å². The first kappa shape index (κ1) is 9.68. The highest BCUT2D eigenvalue weighted by Crippen LogP contribution is 2.32. The van der Waals surface area contributed by atoms with Crippen molar-refractivity contribution < 1.29 is 0 Å². The number of aromatic nitrogens is 2. The number of hydrogen-bond acceptors (Lipinski definition) is 3. The van der Waals surface area contributed by atoms with E-state index in [9.17, 15) is 0 Å². The topological polar surface area (TPSA) is 47.1 Å². The van der Waals surface area contributed by atoms with Gasteiger partial charge >= 0.3 is 0 Å². The molecule has 1 aliphatic rings. The van der Waals surface area contributed by atoms with Crippen LogP contribution < -0.4 is 5.73 Å². The molecule has 0 amide bonds. The van der Waals surface area contributed by atoms with Crippen LogP contribution in [0.5, 0.6) is 0 Å². The van der Waals surface area contributed by atoms with Crippen LogP contribution in [-0.2, 0) is 13.6 Å². The van der Waals surface area contributed by atoms with Crippen molar-refractivity contribution in [1.29, 1.82) is 0 Å². The zero-order chi connectivity index (χ0) is 10.2. The van der Waals surface area contributed by atoms with Gasteiger partial charge in [-0.05, 0) is 19.9 Å². The molecule has 0 unspecified atom stereocenters. The molecule has 1 fully saturated rings. The minimum atomic E-state index is 0.0971. The number of nitrogens with two attached hydrogens (primary N) is 1. The molecule has 4 nitrogen and oxygen atoms in total. The molecule has 4 heteroatoms. The maximum absolute atomic E-state index is 6.05. The third-order valence-corrected chi connectivity index (χ3v) is 2.81. The molecule has 1 aromatic rings. The molecule has 2 N–H and O–H groups in total. The van der Waals surface area contributed by atoms with Crippen LogP contribution >= 0.6 is 0 Å². The quantitative estimate of drug-likeness (QED) is 0.752. The fourth-order valence-corrected chi connectivity index (χ4v) is 1.70. The van der Waals surface area contributed by atoms with E-state index >= 15 is 0 Å². The van der Waals surface area contributed by atoms with Crippen LogP contribution in [0.1, 0.15) is 18.7 Å². The number of likely N-dealkylation sites (N-methyl/N-ethyl adjacent to an activating group) is 1. The second kappa shape index (κ2) is 3.37. The Bertz CT molecular complexity index is 314. The molecule has 2 rings (SSSR count). The molecular formula is C10H18N4. The minimum absolute atomic E-state index is 0.0971. The number of nitrogens with zero attached hydrogens (tertiary/aromatic N) is 3. The van der Waals surface area contributed by atoms with Crippen molar-refractivity contribution in [3.63, 3.8) is 0 Å². The first-order chi connectivity index (χ1) is 6.59. The van der Waals surface area contributed by atoms with Crippen molar-refractivity contribution in [2.75, 3.05) is 13.6 Å². The molecule has 14 heavy (non-hydrogen) atoms. The lowest BCUT2D eigenvalue weighted by atomic mass is 10.3. The lowest BCUT2D eigenvalue weighted by molar-refractivity contribution is 0.286. The highest BCUT2D eigenvalue weighted by molar-refractivity contribution is 5.01. The Hall–Kier alpha value is -0.870. The summed E-state index contributed by atoms with van der Waals surface area (Å²) in [6.07, 6.45) is 6.13. The smallest absolute Gasteiger partial charge is 0.122 e. The van der Waals surface area contributed by atoms with Gasteiger partial charge in [0.1, 0.15) is 5.82 Å². The van der Waals surface area contributed by atoms with Gasteiger partial charge in [0, 0.05) is 31.5 Å². The molecule has 78 valence electrons. The van der Waals surface area contributed by atoms with Crippen molar-refractivity contribution in [3.8, 4) is 0 Å². The summed E-state index contributed by atoms with van der Waals surface area (Å²) >= 11 is 0. The van der Waals surface area contributed by atoms with Crippen molar-refractivity contribution in [3.05, 3.63) is 18.2 Å². The largest absolute Gasteiger partial charge is 0.337 e. The van der Waals surface area contributed by atoms with Gasteiger partial charge in [-0.1, -0.05) is 0 Å². The molecule has 0 radical (unpaired) electrons. The second-order valence-corrected chi connectivity index (χ2v) is 4.49. The van der Waals surface area contributed by atoms with Crippen LogP contribution in [0.25, 0.3) is 0 Å². The lowest BCUT2D eigenvalue weighted by Gasteiger charge is -2.20. The molecule has 0 saturated heterocycles. The van der Waals surface area contributed by atoms with Gasteiger partial charge in [-0.15, -0.1) is 0 Å². The predicted molar refractivity (Wildman–Crippen MR) is 55.7 cm³/mol. The highest BCUT2D eigenvalue weighted by atomic mass is 15.2. The number of imidazole rings is 1. The molecule has 0 bridgehead atoms. The van der Waals surface area contributed by atoms with Crippen LogP contribution in [0, 0.1) is 0 Å². The Labute approximate surface area is 84.7 Å². The van der Waals surface area contributed by atoms with E-state index in [2.05, 4.69) is 16.9 Å². The normalized spacial score (nSPS) is 18.9. The molecule has 1 heterocycles. The standard InChI is InChI=1S/C10H18N4/c1-13(8-10(11)3-4-10)7-9-12-5-6-14(9)2/h5-6H,3-4,7-8,11H2,1-2H3. The van der Waals surface area contributed by atoms with Crippen molar-refractivity contribution in [1.82, 2.24) is 14.5 Å². The first-order valence-corrected chi connectivity index (χ1v) is 5.03. The van der Waals surface area contributed by atoms with Gasteiger partial charge in [-0.3, -0.25) is 4.90 Å². The van der Waals surface area contributed by atoms with E-state index in [0.29, 0.717) is 0 Å². The molecule has 0 aliphatic heterocycles. The Morgan fingerprint density at radius 2 is 2.36 bits per heavy atom. The molecule has 0 atom stereocenters. The zero-order valence-electron chi connectivity index (χ0n) is 8.90. The van der Waals surface area contributed by atoms with Crippen LogP contribution in [0.15, 0.2) is 12.4 Å². The van der Waals surface area contributed by atoms with Crippen molar-refractivity contribution >= 4 is 0 Å². The monoisotopic (exact) mass is 194 g/mol. The number of hydrogen-bond donors (Lipinski definition) is 1. The summed E-state index contributed by atoms with van der Waals surface area (Å²) < 4.78 is 2.05. The summed E-state index contributed by atoms with van der Waals surface area (Å²) in [5.74, 6) is 1.09. The summed E-state index contributed by atoms with van der Waals surface area (Å²) in [4.78, 5) is 6.53. The van der Waals surface area contributed by atoms with E-state index in [-0.39, 0.29) is 5.54 Å². The lowest BCUT2D eigenvalue weighted by Crippen LogP contribution is -2.37. The molecule has 1 aromatic heterocycles. The highest BCUT2D eigenvalue weighted by Gasteiger charge is 2.38. The van der Waals surface area contributed by atoms with Crippen molar-refractivity contribution in [2.24, 2.45) is 12.8 Å². The summed E-state index contributed by atoms with van der Waals surface area (Å²) in [6.45, 7) is 1.85. The second-order valence-electron chi connectivity index (χ2n) is 4.49. The predicted octanol–water partition coefficient (Wildman–Crippen LogP) is 0.343. The van der Waals surface area contributed by atoms with Crippen LogP contribution in [0.3, 0.4) is 0 Å². The Morgan fingerprint density at radius 1 is 1.64 bits per heavy atom. The SMILES string of the molecule is CN(Cc1nccn1C)CC1(N)CC1. The van der Waals surface area contributed by atoms with E-state index in [1.54, 1.807) is 0 Å². The maximum Gasteiger partial charge on any atom is 0.122 e. The van der Waals surface area contributed by atoms with Gasteiger partial charge in [-0.2, -0.15) is 0 Å². The number of aryl methyl sites for hydroxylation is 1. The van der Waals surface area contributed by atoms with Gasteiger partial charge in [0.05, 0.1) is 6.54 Å². The Morgan fingerprint density at radius 3 is 2.86 bits per heavy atom. The molecule has 1 aliphatic carbocycles. The van der Waals surface area contributed by atoms with Crippen LogP contribution in [0.4, 0.5) is 0 Å². The van der Waals surface area contributed by atoms with E-state index in [1.807, 2.05) is 24.0 Å². The summed E-state index contributed by atoms with van der Waals surface area (Å²) in [5, 5.41) is 0. The summed E-state index contributed by atoms with van der Waals surface area (Å²) in [5.41, 5.74) is 6.14. The minimum Gasteiger partial charge on any atom is -0.337 e. The Kier molecular flexibility index (Phi) is 2.33. The fourth-order valence-electron chi connectivity index (χ4n) is 1.70. The van der Waals surface area contributed by atoms with Crippen molar-refractivity contribution in [2.45, 2.75) is 24.9 Å². The Balaban J connectivity index is 1.88. The zero-order valence-corrected chi connectivity index (χ0v) is 8.90. The fraction of sp³-hybridized carbons (Fsp3) is 0.700. The van der Waals surface area contributed by atoms with E-state index in [1.165, 1.54) is 0 Å². The molecular weight excluding hydrogens is 176 g/mol. The average Bonchev–Trinajstić information content (AvgIpc) is 2.67. The molecule has 0 spiro atoms. The summed E-state index contributed by atoms with van der Waals surface area (Å²) in [7, 11) is 4.12. The molecule has 0 aromatic carbocycles. The van der Waals surface area contributed by atoms with Gasteiger partial charge < -0.3 is 10.3 Å². The van der Waals surface area contributed by atoms with Crippen LogP contribution in [0.2, 0.25) is 0 Å². The van der Waals surface area contributed by atoms with E-state index in [0.717, 1.165) is 31.8 Å². The first-order valence-electron chi connectivity index (χ1n) is 5.03. The number of rotatable bonds is 4. The average molecular weight is 194 g/mol. The van der Waals surface area contributed by atoms with E-state index in [4.69, 9.17) is 5.73 Å². The van der Waals surface area contributed by atoms with Gasteiger partial charge in [0.2, 0.25) is 0 Å². The third kappa shape index (κ3) is 2.13. The van der Waals surface area contributed by atoms with E-state index < -0.39 is 0 Å². The van der Waals surface area contributed by atoms with Gasteiger partial charge in [0.15, 0.2) is 0 Å². The summed E-state index contributed by atoms with van der Waals surface area (Å²) in [6, 6.07) is 0.